The molecule has 2 N–H and O–H groups in total. The second-order valence-electron chi connectivity index (χ2n) is 4.52. The van der Waals surface area contributed by atoms with Crippen molar-refractivity contribution in [1.82, 2.24) is 10.2 Å². The van der Waals surface area contributed by atoms with Crippen LogP contribution < -0.4 is 5.32 Å². The normalized spacial score (nSPS) is 30.9. The van der Waals surface area contributed by atoms with Crippen LogP contribution >= 0.6 is 11.8 Å². The Morgan fingerprint density at radius 2 is 2.22 bits per heavy atom. The summed E-state index contributed by atoms with van der Waals surface area (Å²) in [6.07, 6.45) is 1.87. The minimum Gasteiger partial charge on any atom is -0.480 e. The van der Waals surface area contributed by atoms with Gasteiger partial charge in [-0.3, -0.25) is 0 Å². The van der Waals surface area contributed by atoms with Gasteiger partial charge in [0.25, 0.3) is 0 Å². The van der Waals surface area contributed by atoms with Crippen LogP contribution in [0.3, 0.4) is 0 Å². The summed E-state index contributed by atoms with van der Waals surface area (Å²) in [4.78, 5) is 24.3. The summed E-state index contributed by atoms with van der Waals surface area (Å²) in [6, 6.07) is -0.848. The smallest absolute Gasteiger partial charge is 0.327 e. The largest absolute Gasteiger partial charge is 0.480 e. The van der Waals surface area contributed by atoms with Gasteiger partial charge in [0.15, 0.2) is 0 Å². The molecule has 1 saturated heterocycles. The third-order valence-corrected chi connectivity index (χ3v) is 4.27. The van der Waals surface area contributed by atoms with Crippen LogP contribution in [-0.2, 0) is 9.53 Å². The van der Waals surface area contributed by atoms with E-state index < -0.39 is 12.0 Å². The Balaban J connectivity index is 1.77. The zero-order valence-corrected chi connectivity index (χ0v) is 11.1. The number of nitrogens with one attached hydrogen (secondary N) is 1. The lowest BCUT2D eigenvalue weighted by atomic mass is 9.89. The van der Waals surface area contributed by atoms with Gasteiger partial charge in [0, 0.05) is 18.4 Å². The summed E-state index contributed by atoms with van der Waals surface area (Å²) in [5.41, 5.74) is 0. The lowest BCUT2D eigenvalue weighted by Crippen LogP contribution is -2.54. The molecule has 102 valence electrons. The Morgan fingerprint density at radius 1 is 1.50 bits per heavy atom. The van der Waals surface area contributed by atoms with Gasteiger partial charge in [-0.25, -0.2) is 9.59 Å². The van der Waals surface area contributed by atoms with Gasteiger partial charge >= 0.3 is 12.0 Å². The SMILES string of the molecule is CCOC1CC(NC(=O)N2CSCC2C(=O)O)C1. The van der Waals surface area contributed by atoms with Crippen LogP contribution in [0.4, 0.5) is 4.79 Å². The Bertz CT molecular complexity index is 333. The highest BCUT2D eigenvalue weighted by Crippen LogP contribution is 2.25. The number of aliphatic carboxylic acids is 1. The van der Waals surface area contributed by atoms with E-state index in [1.54, 1.807) is 0 Å². The number of amides is 2. The van der Waals surface area contributed by atoms with Gasteiger partial charge in [-0.15, -0.1) is 11.8 Å². The van der Waals surface area contributed by atoms with Crippen molar-refractivity contribution in [3.05, 3.63) is 0 Å². The molecule has 2 fully saturated rings. The van der Waals surface area contributed by atoms with E-state index in [2.05, 4.69) is 5.32 Å². The fourth-order valence-electron chi connectivity index (χ4n) is 2.16. The molecule has 0 radical (unpaired) electrons. The van der Waals surface area contributed by atoms with Crippen LogP contribution in [0.25, 0.3) is 0 Å². The molecule has 7 heteroatoms. The summed E-state index contributed by atoms with van der Waals surface area (Å²) in [7, 11) is 0. The third kappa shape index (κ3) is 2.89. The maximum atomic E-state index is 11.9. The van der Waals surface area contributed by atoms with Gasteiger partial charge in [0.2, 0.25) is 0 Å². The van der Waals surface area contributed by atoms with Crippen LogP contribution in [0.5, 0.6) is 0 Å². The van der Waals surface area contributed by atoms with Crippen molar-refractivity contribution < 1.29 is 19.4 Å². The van der Waals surface area contributed by atoms with E-state index in [4.69, 9.17) is 9.84 Å². The predicted molar refractivity (Wildman–Crippen MR) is 67.6 cm³/mol. The average Bonchev–Trinajstić information content (AvgIpc) is 2.75. The number of hydrogen-bond donors (Lipinski definition) is 2. The highest BCUT2D eigenvalue weighted by atomic mass is 32.2. The number of hydrogen-bond acceptors (Lipinski definition) is 4. The Labute approximate surface area is 110 Å². The van der Waals surface area contributed by atoms with Crippen LogP contribution in [0.2, 0.25) is 0 Å². The topological polar surface area (TPSA) is 78.9 Å². The lowest BCUT2D eigenvalue weighted by molar-refractivity contribution is -0.140. The average molecular weight is 274 g/mol. The van der Waals surface area contributed by atoms with E-state index in [0.717, 1.165) is 12.8 Å². The maximum Gasteiger partial charge on any atom is 0.327 e. The predicted octanol–water partition coefficient (Wildman–Crippen LogP) is 0.723. The molecule has 2 amide bonds. The van der Waals surface area contributed by atoms with Crippen LogP contribution in [0, 0.1) is 0 Å². The molecule has 0 aromatic carbocycles. The number of ether oxygens (including phenoxy) is 1. The van der Waals surface area contributed by atoms with Crippen molar-refractivity contribution in [2.24, 2.45) is 0 Å². The number of carboxylic acids is 1. The second kappa shape index (κ2) is 5.79. The van der Waals surface area contributed by atoms with Crippen LogP contribution in [-0.4, -0.2) is 58.4 Å². The van der Waals surface area contributed by atoms with Gasteiger partial charge in [-0.2, -0.15) is 0 Å². The molecule has 1 aliphatic carbocycles. The molecule has 2 rings (SSSR count). The Hall–Kier alpha value is -0.950. The first-order valence-corrected chi connectivity index (χ1v) is 7.26. The molecular weight excluding hydrogens is 256 g/mol. The summed E-state index contributed by atoms with van der Waals surface area (Å²) in [5, 5.41) is 11.9. The highest BCUT2D eigenvalue weighted by Gasteiger charge is 2.37. The third-order valence-electron chi connectivity index (χ3n) is 3.25. The first-order valence-electron chi connectivity index (χ1n) is 6.11. The minimum atomic E-state index is -0.934. The van der Waals surface area contributed by atoms with Crippen molar-refractivity contribution in [2.75, 3.05) is 18.2 Å². The maximum absolute atomic E-state index is 11.9. The molecule has 0 aromatic heterocycles. The van der Waals surface area contributed by atoms with Crippen molar-refractivity contribution in [1.29, 1.82) is 0 Å². The molecule has 1 atom stereocenters. The molecule has 1 unspecified atom stereocenters. The Morgan fingerprint density at radius 3 is 2.83 bits per heavy atom. The van der Waals surface area contributed by atoms with Crippen LogP contribution in [0.15, 0.2) is 0 Å². The number of nitrogens with zero attached hydrogens (tertiary/aromatic N) is 1. The Kier molecular flexibility index (Phi) is 4.34. The number of thioether (sulfide) groups is 1. The second-order valence-corrected chi connectivity index (χ2v) is 5.52. The molecule has 1 saturated carbocycles. The summed E-state index contributed by atoms with van der Waals surface area (Å²) in [5.74, 6) is -0.0182. The zero-order chi connectivity index (χ0) is 13.1. The molecular formula is C11H18N2O4S. The lowest BCUT2D eigenvalue weighted by Gasteiger charge is -2.36. The van der Waals surface area contributed by atoms with Crippen molar-refractivity contribution in [3.63, 3.8) is 0 Å². The van der Waals surface area contributed by atoms with Crippen molar-refractivity contribution in [2.45, 2.75) is 38.0 Å². The molecule has 18 heavy (non-hydrogen) atoms. The molecule has 6 nitrogen and oxygen atoms in total. The van der Waals surface area contributed by atoms with Gasteiger partial charge in [-0.05, 0) is 19.8 Å². The summed E-state index contributed by atoms with van der Waals surface area (Å²) < 4.78 is 5.41. The van der Waals surface area contributed by atoms with Gasteiger partial charge < -0.3 is 20.1 Å². The van der Waals surface area contributed by atoms with E-state index in [1.807, 2.05) is 6.92 Å². The zero-order valence-electron chi connectivity index (χ0n) is 10.3. The molecule has 0 aromatic rings. The molecule has 2 aliphatic rings. The van der Waals surface area contributed by atoms with E-state index >= 15 is 0 Å². The summed E-state index contributed by atoms with van der Waals surface area (Å²) in [6.45, 7) is 2.64. The first-order chi connectivity index (χ1) is 8.61. The fourth-order valence-corrected chi connectivity index (χ4v) is 3.31. The van der Waals surface area contributed by atoms with Crippen molar-refractivity contribution >= 4 is 23.8 Å². The molecule has 0 spiro atoms. The van der Waals surface area contributed by atoms with E-state index in [-0.39, 0.29) is 18.2 Å². The fraction of sp³-hybridized carbons (Fsp3) is 0.818. The number of carbonyl (C=O) groups excluding carboxylic acids is 1. The molecule has 1 aliphatic heterocycles. The van der Waals surface area contributed by atoms with Crippen LogP contribution in [0.1, 0.15) is 19.8 Å². The highest BCUT2D eigenvalue weighted by molar-refractivity contribution is 7.99. The van der Waals surface area contributed by atoms with Gasteiger partial charge in [0.1, 0.15) is 6.04 Å². The minimum absolute atomic E-state index is 0.120. The number of carbonyl (C=O) groups is 2. The van der Waals surface area contributed by atoms with E-state index in [0.29, 0.717) is 18.2 Å². The van der Waals surface area contributed by atoms with E-state index in [9.17, 15) is 9.59 Å². The van der Waals surface area contributed by atoms with E-state index in [1.165, 1.54) is 16.7 Å². The van der Waals surface area contributed by atoms with Crippen molar-refractivity contribution in [3.8, 4) is 0 Å². The quantitative estimate of drug-likeness (QED) is 0.790. The molecule has 1 heterocycles. The van der Waals surface area contributed by atoms with Gasteiger partial charge in [-0.1, -0.05) is 0 Å². The number of carboxylic acid groups (broad SMARTS) is 1. The van der Waals surface area contributed by atoms with Gasteiger partial charge in [0.05, 0.1) is 12.0 Å². The molecule has 0 bridgehead atoms. The number of rotatable bonds is 4. The first kappa shape index (κ1) is 13.5. The standard InChI is InChI=1S/C11H18N2O4S/c1-2-17-8-3-7(4-8)12-11(16)13-6-18-5-9(13)10(14)15/h7-9H,2-6H2,1H3,(H,12,16)(H,14,15). The number of urea groups is 1. The monoisotopic (exact) mass is 274 g/mol. The summed E-state index contributed by atoms with van der Waals surface area (Å²) >= 11 is 1.47.